The highest BCUT2D eigenvalue weighted by Gasteiger charge is 2.25. The van der Waals surface area contributed by atoms with Crippen molar-refractivity contribution in [3.8, 4) is 5.75 Å². The molecule has 108 valence electrons. The van der Waals surface area contributed by atoms with Gasteiger partial charge in [-0.25, -0.2) is 0 Å². The van der Waals surface area contributed by atoms with E-state index in [2.05, 4.69) is 10.3 Å². The molecule has 1 aromatic heterocycles. The number of H-pyrrole nitrogens is 1. The first-order valence-corrected chi connectivity index (χ1v) is 6.50. The van der Waals surface area contributed by atoms with Crippen LogP contribution in [-0.4, -0.2) is 42.4 Å². The van der Waals surface area contributed by atoms with Crippen LogP contribution in [0.3, 0.4) is 0 Å². The fourth-order valence-electron chi connectivity index (χ4n) is 2.36. The zero-order chi connectivity index (χ0) is 15.0. The Morgan fingerprint density at radius 1 is 1.33 bits per heavy atom. The summed E-state index contributed by atoms with van der Waals surface area (Å²) in [6, 6.07) is 5.65. The topological polar surface area (TPSA) is 74.4 Å². The van der Waals surface area contributed by atoms with Crippen LogP contribution in [0.1, 0.15) is 5.56 Å². The maximum Gasteiger partial charge on any atom is 0.270 e. The van der Waals surface area contributed by atoms with E-state index in [1.54, 1.807) is 26.4 Å². The summed E-state index contributed by atoms with van der Waals surface area (Å²) in [6.07, 6.45) is 3.47. The van der Waals surface area contributed by atoms with E-state index < -0.39 is 0 Å². The molecule has 1 fully saturated rings. The highest BCUT2D eigenvalue weighted by atomic mass is 16.5. The first kappa shape index (κ1) is 13.2. The maximum atomic E-state index is 12.1. The predicted molar refractivity (Wildman–Crippen MR) is 78.6 cm³/mol. The molecule has 0 atom stereocenters. The molecule has 0 saturated carbocycles. The summed E-state index contributed by atoms with van der Waals surface area (Å²) in [7, 11) is 3.21. The molecule has 21 heavy (non-hydrogen) atoms. The van der Waals surface area contributed by atoms with E-state index in [-0.39, 0.29) is 24.1 Å². The Morgan fingerprint density at radius 2 is 2.14 bits per heavy atom. The van der Waals surface area contributed by atoms with Gasteiger partial charge in [-0.05, 0) is 24.3 Å². The lowest BCUT2D eigenvalue weighted by atomic mass is 10.1. The lowest BCUT2D eigenvalue weighted by Crippen LogP contribution is -2.47. The maximum absolute atomic E-state index is 12.1. The number of nitrogens with one attached hydrogen (secondary N) is 2. The molecule has 6 nitrogen and oxygen atoms in total. The number of ether oxygens (including phenoxy) is 1. The zero-order valence-electron chi connectivity index (χ0n) is 11.8. The number of amides is 2. The van der Waals surface area contributed by atoms with Crippen molar-refractivity contribution in [2.75, 3.05) is 20.7 Å². The molecule has 2 amide bonds. The number of aromatic nitrogens is 1. The normalized spacial score (nSPS) is 17.4. The number of carbonyl (C=O) groups excluding carboxylic acids is 2. The number of piperazine rings is 1. The SMILES string of the molecule is COc1ccc2[nH]cc(/C=C3\NC(=O)CN(C)C3=O)c2c1. The molecular weight excluding hydrogens is 270 g/mol. The molecule has 1 aliphatic heterocycles. The summed E-state index contributed by atoms with van der Waals surface area (Å²) in [5, 5.41) is 3.54. The lowest BCUT2D eigenvalue weighted by Gasteiger charge is -2.24. The molecule has 3 rings (SSSR count). The summed E-state index contributed by atoms with van der Waals surface area (Å²) in [4.78, 5) is 28.1. The van der Waals surface area contributed by atoms with Gasteiger partial charge in [-0.15, -0.1) is 0 Å². The predicted octanol–water partition coefficient (Wildman–Crippen LogP) is 1.11. The van der Waals surface area contributed by atoms with Crippen LogP contribution in [0.5, 0.6) is 5.75 Å². The van der Waals surface area contributed by atoms with Crippen molar-refractivity contribution in [2.24, 2.45) is 0 Å². The Balaban J connectivity index is 2.05. The number of carbonyl (C=O) groups is 2. The zero-order valence-corrected chi connectivity index (χ0v) is 11.8. The third-order valence-corrected chi connectivity index (χ3v) is 3.45. The lowest BCUT2D eigenvalue weighted by molar-refractivity contribution is -0.135. The van der Waals surface area contributed by atoms with Crippen LogP contribution in [0, 0.1) is 0 Å². The summed E-state index contributed by atoms with van der Waals surface area (Å²) in [6.45, 7) is 0.0812. The number of likely N-dealkylation sites (N-methyl/N-ethyl adjacent to an activating group) is 1. The molecule has 1 aromatic carbocycles. The largest absolute Gasteiger partial charge is 0.497 e. The van der Waals surface area contributed by atoms with Crippen LogP contribution in [0.2, 0.25) is 0 Å². The summed E-state index contributed by atoms with van der Waals surface area (Å²) in [5.74, 6) is 0.338. The van der Waals surface area contributed by atoms with Crippen molar-refractivity contribution < 1.29 is 14.3 Å². The number of fused-ring (bicyclic) bond motifs is 1. The average molecular weight is 285 g/mol. The number of methoxy groups -OCH3 is 1. The van der Waals surface area contributed by atoms with Crippen molar-refractivity contribution in [1.29, 1.82) is 0 Å². The standard InChI is InChI=1S/C15H15N3O3/c1-18-8-14(19)17-13(15(18)20)5-9-7-16-12-4-3-10(21-2)6-11(9)12/h3-7,16H,8H2,1-2H3,(H,17,19)/b13-5-. The number of hydrogen-bond donors (Lipinski definition) is 2. The van der Waals surface area contributed by atoms with E-state index in [9.17, 15) is 9.59 Å². The van der Waals surface area contributed by atoms with Crippen molar-refractivity contribution in [1.82, 2.24) is 15.2 Å². The first-order valence-electron chi connectivity index (χ1n) is 6.50. The molecule has 0 aliphatic carbocycles. The number of nitrogens with zero attached hydrogens (tertiary/aromatic N) is 1. The smallest absolute Gasteiger partial charge is 0.270 e. The molecule has 0 unspecified atom stereocenters. The Kier molecular flexibility index (Phi) is 3.13. The third kappa shape index (κ3) is 2.35. The fraction of sp³-hybridized carbons (Fsp3) is 0.200. The van der Waals surface area contributed by atoms with Crippen LogP contribution < -0.4 is 10.1 Å². The minimum absolute atomic E-state index is 0.0812. The minimum Gasteiger partial charge on any atom is -0.497 e. The Labute approximate surface area is 121 Å². The summed E-state index contributed by atoms with van der Waals surface area (Å²) < 4.78 is 5.21. The van der Waals surface area contributed by atoms with Gasteiger partial charge in [0.25, 0.3) is 5.91 Å². The molecule has 1 saturated heterocycles. The van der Waals surface area contributed by atoms with Gasteiger partial charge in [0.1, 0.15) is 11.4 Å². The van der Waals surface area contributed by atoms with Crippen molar-refractivity contribution in [3.05, 3.63) is 35.7 Å². The van der Waals surface area contributed by atoms with Crippen molar-refractivity contribution in [3.63, 3.8) is 0 Å². The first-order chi connectivity index (χ1) is 10.1. The highest BCUT2D eigenvalue weighted by Crippen LogP contribution is 2.25. The van der Waals surface area contributed by atoms with E-state index in [1.807, 2.05) is 18.2 Å². The molecule has 1 aliphatic rings. The second-order valence-corrected chi connectivity index (χ2v) is 4.92. The van der Waals surface area contributed by atoms with Gasteiger partial charge >= 0.3 is 0 Å². The van der Waals surface area contributed by atoms with Gasteiger partial charge in [0.05, 0.1) is 13.7 Å². The van der Waals surface area contributed by atoms with Crippen LogP contribution in [0.25, 0.3) is 17.0 Å². The van der Waals surface area contributed by atoms with Crippen molar-refractivity contribution in [2.45, 2.75) is 0 Å². The fourth-order valence-corrected chi connectivity index (χ4v) is 2.36. The summed E-state index contributed by atoms with van der Waals surface area (Å²) >= 11 is 0. The van der Waals surface area contributed by atoms with E-state index >= 15 is 0 Å². The van der Waals surface area contributed by atoms with Crippen LogP contribution in [-0.2, 0) is 9.59 Å². The molecule has 0 bridgehead atoms. The third-order valence-electron chi connectivity index (χ3n) is 3.45. The van der Waals surface area contributed by atoms with Gasteiger partial charge in [0.15, 0.2) is 0 Å². The molecule has 0 radical (unpaired) electrons. The second kappa shape index (κ2) is 4.97. The van der Waals surface area contributed by atoms with Gasteiger partial charge < -0.3 is 19.9 Å². The van der Waals surface area contributed by atoms with Gasteiger partial charge in [-0.3, -0.25) is 9.59 Å². The molecule has 0 spiro atoms. The van der Waals surface area contributed by atoms with Gasteiger partial charge in [0.2, 0.25) is 5.91 Å². The average Bonchev–Trinajstić information content (AvgIpc) is 2.86. The number of aromatic amines is 1. The summed E-state index contributed by atoms with van der Waals surface area (Å²) in [5.41, 5.74) is 2.03. The van der Waals surface area contributed by atoms with E-state index in [4.69, 9.17) is 4.74 Å². The molecular formula is C15H15N3O3. The van der Waals surface area contributed by atoms with Gasteiger partial charge in [-0.2, -0.15) is 0 Å². The van der Waals surface area contributed by atoms with Crippen LogP contribution >= 0.6 is 0 Å². The molecule has 2 heterocycles. The van der Waals surface area contributed by atoms with Gasteiger partial charge in [-0.1, -0.05) is 0 Å². The number of benzene rings is 1. The Hall–Kier alpha value is -2.76. The molecule has 6 heteroatoms. The van der Waals surface area contributed by atoms with Gasteiger partial charge in [0, 0.05) is 29.7 Å². The number of hydrogen-bond acceptors (Lipinski definition) is 3. The van der Waals surface area contributed by atoms with E-state index in [0.29, 0.717) is 0 Å². The molecule has 2 N–H and O–H groups in total. The van der Waals surface area contributed by atoms with Crippen LogP contribution in [0.4, 0.5) is 0 Å². The van der Waals surface area contributed by atoms with Crippen LogP contribution in [0.15, 0.2) is 30.1 Å². The molecule has 2 aromatic rings. The second-order valence-electron chi connectivity index (χ2n) is 4.92. The monoisotopic (exact) mass is 285 g/mol. The van der Waals surface area contributed by atoms with Crippen molar-refractivity contribution >= 4 is 28.8 Å². The quantitative estimate of drug-likeness (QED) is 0.812. The van der Waals surface area contributed by atoms with E-state index in [0.717, 1.165) is 22.2 Å². The van der Waals surface area contributed by atoms with E-state index in [1.165, 1.54) is 4.90 Å². The number of rotatable bonds is 2. The Bertz CT molecular complexity index is 761. The Morgan fingerprint density at radius 3 is 2.90 bits per heavy atom. The highest BCUT2D eigenvalue weighted by molar-refractivity contribution is 6.07. The minimum atomic E-state index is -0.202.